The Hall–Kier alpha value is -1.46. The van der Waals surface area contributed by atoms with Gasteiger partial charge in [-0.2, -0.15) is 0 Å². The maximum Gasteiger partial charge on any atom is 0.224 e. The Kier molecular flexibility index (Phi) is 6.75. The number of halogens is 1. The highest BCUT2D eigenvalue weighted by atomic mass is 35.5. The van der Waals surface area contributed by atoms with E-state index in [9.17, 15) is 4.79 Å². The van der Waals surface area contributed by atoms with E-state index < -0.39 is 0 Å². The largest absolute Gasteiger partial charge is 0.492 e. The molecule has 2 heterocycles. The molecular formula is C18H27ClN2O3. The van der Waals surface area contributed by atoms with Gasteiger partial charge in [0, 0.05) is 24.5 Å². The average Bonchev–Trinajstić information content (AvgIpc) is 2.88. The minimum Gasteiger partial charge on any atom is -0.492 e. The van der Waals surface area contributed by atoms with Gasteiger partial charge in [0.2, 0.25) is 5.91 Å². The van der Waals surface area contributed by atoms with Crippen LogP contribution >= 0.6 is 12.4 Å². The summed E-state index contributed by atoms with van der Waals surface area (Å²) in [7, 11) is 0. The Morgan fingerprint density at radius 1 is 1.38 bits per heavy atom. The molecule has 0 saturated carbocycles. The topological polar surface area (TPSA) is 59.6 Å². The van der Waals surface area contributed by atoms with Crippen LogP contribution in [0.1, 0.15) is 38.7 Å². The molecule has 1 saturated heterocycles. The molecule has 24 heavy (non-hydrogen) atoms. The van der Waals surface area contributed by atoms with Crippen LogP contribution in [0.2, 0.25) is 0 Å². The number of anilines is 1. The summed E-state index contributed by atoms with van der Waals surface area (Å²) in [5.41, 5.74) is 1.87. The van der Waals surface area contributed by atoms with Crippen LogP contribution in [0.25, 0.3) is 0 Å². The Labute approximate surface area is 149 Å². The molecule has 0 aromatic heterocycles. The van der Waals surface area contributed by atoms with Gasteiger partial charge in [0.1, 0.15) is 17.6 Å². The lowest BCUT2D eigenvalue weighted by Crippen LogP contribution is -2.30. The molecule has 134 valence electrons. The lowest BCUT2D eigenvalue weighted by atomic mass is 9.94. The quantitative estimate of drug-likeness (QED) is 0.852. The molecule has 2 N–H and O–H groups in total. The highest BCUT2D eigenvalue weighted by molar-refractivity contribution is 5.93. The maximum atomic E-state index is 12.4. The molecule has 2 aliphatic heterocycles. The molecule has 3 rings (SSSR count). The summed E-state index contributed by atoms with van der Waals surface area (Å²) in [6.45, 7) is 6.59. The number of rotatable bonds is 5. The van der Waals surface area contributed by atoms with Crippen molar-refractivity contribution >= 4 is 24.0 Å². The maximum absolute atomic E-state index is 12.4. The zero-order chi connectivity index (χ0) is 16.2. The minimum atomic E-state index is 0. The van der Waals surface area contributed by atoms with E-state index in [1.165, 1.54) is 0 Å². The summed E-state index contributed by atoms with van der Waals surface area (Å²) in [6, 6.07) is 3.91. The third-order valence-electron chi connectivity index (χ3n) is 4.50. The van der Waals surface area contributed by atoms with Crippen molar-refractivity contribution in [2.45, 2.75) is 45.6 Å². The molecule has 1 unspecified atom stereocenters. The number of nitrogens with one attached hydrogen (secondary N) is 2. The Morgan fingerprint density at radius 2 is 2.12 bits per heavy atom. The van der Waals surface area contributed by atoms with Crippen LogP contribution < -0.4 is 20.1 Å². The summed E-state index contributed by atoms with van der Waals surface area (Å²) >= 11 is 0. The number of hydrogen-bond acceptors (Lipinski definition) is 4. The van der Waals surface area contributed by atoms with Gasteiger partial charge in [0.25, 0.3) is 0 Å². The van der Waals surface area contributed by atoms with E-state index in [0.717, 1.165) is 55.1 Å². The number of fused-ring (bicyclic) bond motifs is 1. The molecule has 0 radical (unpaired) electrons. The number of benzene rings is 1. The van der Waals surface area contributed by atoms with Crippen LogP contribution in [0.3, 0.4) is 0 Å². The predicted octanol–water partition coefficient (Wildman–Crippen LogP) is 3.16. The second kappa shape index (κ2) is 8.58. The first-order valence-corrected chi connectivity index (χ1v) is 8.62. The van der Waals surface area contributed by atoms with Crippen molar-refractivity contribution in [3.63, 3.8) is 0 Å². The smallest absolute Gasteiger partial charge is 0.224 e. The van der Waals surface area contributed by atoms with E-state index in [0.29, 0.717) is 18.9 Å². The van der Waals surface area contributed by atoms with Gasteiger partial charge in [-0.15, -0.1) is 12.4 Å². The molecule has 1 fully saturated rings. The molecule has 2 aliphatic rings. The van der Waals surface area contributed by atoms with Crippen LogP contribution in [-0.4, -0.2) is 31.7 Å². The number of hydrogen-bond donors (Lipinski definition) is 2. The fraction of sp³-hybridized carbons (Fsp3) is 0.611. The van der Waals surface area contributed by atoms with E-state index in [-0.39, 0.29) is 24.4 Å². The lowest BCUT2D eigenvalue weighted by molar-refractivity contribution is -0.117. The van der Waals surface area contributed by atoms with Gasteiger partial charge in [-0.25, -0.2) is 0 Å². The summed E-state index contributed by atoms with van der Waals surface area (Å²) in [6.07, 6.45) is 3.77. The van der Waals surface area contributed by atoms with E-state index >= 15 is 0 Å². The van der Waals surface area contributed by atoms with Gasteiger partial charge in [0.05, 0.1) is 12.3 Å². The third kappa shape index (κ3) is 4.54. The number of ether oxygens (including phenoxy) is 2. The summed E-state index contributed by atoms with van der Waals surface area (Å²) in [4.78, 5) is 12.4. The SMILES string of the molecule is CCOc1cc2c(cc1NC(=O)CC1CCNCC1)OC(C)C2.Cl. The Morgan fingerprint density at radius 3 is 2.83 bits per heavy atom. The fourth-order valence-electron chi connectivity index (χ4n) is 3.36. The van der Waals surface area contributed by atoms with Crippen molar-refractivity contribution in [2.24, 2.45) is 5.92 Å². The van der Waals surface area contributed by atoms with Crippen molar-refractivity contribution < 1.29 is 14.3 Å². The van der Waals surface area contributed by atoms with Gasteiger partial charge in [-0.1, -0.05) is 0 Å². The predicted molar refractivity (Wildman–Crippen MR) is 97.5 cm³/mol. The van der Waals surface area contributed by atoms with Crippen molar-refractivity contribution in [3.8, 4) is 11.5 Å². The van der Waals surface area contributed by atoms with Crippen LogP contribution in [0, 0.1) is 5.92 Å². The highest BCUT2D eigenvalue weighted by Crippen LogP contribution is 2.38. The van der Waals surface area contributed by atoms with Gasteiger partial charge in [-0.05, 0) is 51.8 Å². The first-order chi connectivity index (χ1) is 11.2. The van der Waals surface area contributed by atoms with Crippen molar-refractivity contribution in [2.75, 3.05) is 25.0 Å². The van der Waals surface area contributed by atoms with E-state index in [2.05, 4.69) is 17.6 Å². The molecule has 1 aromatic carbocycles. The number of amides is 1. The van der Waals surface area contributed by atoms with Gasteiger partial charge in [-0.3, -0.25) is 4.79 Å². The standard InChI is InChI=1S/C18H26N2O3.ClH/c1-3-22-17-10-14-8-12(2)23-16(14)11-15(17)20-18(21)9-13-4-6-19-7-5-13;/h10-13,19H,3-9H2,1-2H3,(H,20,21);1H. The minimum absolute atomic E-state index is 0. The van der Waals surface area contributed by atoms with E-state index in [4.69, 9.17) is 9.47 Å². The third-order valence-corrected chi connectivity index (χ3v) is 4.50. The normalized spacial score (nSPS) is 19.8. The van der Waals surface area contributed by atoms with Crippen LogP contribution in [0.5, 0.6) is 11.5 Å². The number of carbonyl (C=O) groups excluding carboxylic acids is 1. The first kappa shape index (κ1) is 18.9. The zero-order valence-electron chi connectivity index (χ0n) is 14.4. The molecule has 1 atom stereocenters. The van der Waals surface area contributed by atoms with Crippen molar-refractivity contribution in [3.05, 3.63) is 17.7 Å². The van der Waals surface area contributed by atoms with Crippen LogP contribution in [0.4, 0.5) is 5.69 Å². The van der Waals surface area contributed by atoms with Gasteiger partial charge in [0.15, 0.2) is 0 Å². The van der Waals surface area contributed by atoms with Crippen LogP contribution in [0.15, 0.2) is 12.1 Å². The molecule has 5 nitrogen and oxygen atoms in total. The fourth-order valence-corrected chi connectivity index (χ4v) is 3.36. The molecule has 0 aliphatic carbocycles. The van der Waals surface area contributed by atoms with Crippen molar-refractivity contribution in [1.29, 1.82) is 0 Å². The van der Waals surface area contributed by atoms with E-state index in [1.807, 2.05) is 19.1 Å². The second-order valence-corrected chi connectivity index (χ2v) is 6.47. The van der Waals surface area contributed by atoms with Crippen LogP contribution in [-0.2, 0) is 11.2 Å². The second-order valence-electron chi connectivity index (χ2n) is 6.47. The summed E-state index contributed by atoms with van der Waals surface area (Å²) in [5.74, 6) is 2.13. The van der Waals surface area contributed by atoms with Gasteiger partial charge >= 0.3 is 0 Å². The Balaban J connectivity index is 0.00000208. The highest BCUT2D eigenvalue weighted by Gasteiger charge is 2.23. The Bertz CT molecular complexity index is 574. The molecule has 0 spiro atoms. The monoisotopic (exact) mass is 354 g/mol. The summed E-state index contributed by atoms with van der Waals surface area (Å²) in [5, 5.41) is 6.35. The molecule has 6 heteroatoms. The molecule has 1 aromatic rings. The summed E-state index contributed by atoms with van der Waals surface area (Å²) < 4.78 is 11.5. The molecular weight excluding hydrogens is 328 g/mol. The first-order valence-electron chi connectivity index (χ1n) is 8.62. The lowest BCUT2D eigenvalue weighted by Gasteiger charge is -2.22. The average molecular weight is 355 g/mol. The van der Waals surface area contributed by atoms with Crippen molar-refractivity contribution in [1.82, 2.24) is 5.32 Å². The zero-order valence-corrected chi connectivity index (χ0v) is 15.2. The molecule has 1 amide bonds. The van der Waals surface area contributed by atoms with Gasteiger partial charge < -0.3 is 20.1 Å². The number of piperidine rings is 1. The number of carbonyl (C=O) groups is 1. The molecule has 0 bridgehead atoms. The van der Waals surface area contributed by atoms with E-state index in [1.54, 1.807) is 0 Å².